The third-order valence-corrected chi connectivity index (χ3v) is 7.93. The number of aliphatic hydroxyl groups excluding tert-OH is 1. The van der Waals surface area contributed by atoms with E-state index in [1.165, 1.54) is 28.8 Å². The number of Topliss-reactive ketones (excluding diaryl/α,β-unsaturated/α-hetero) is 1. The van der Waals surface area contributed by atoms with E-state index >= 15 is 0 Å². The van der Waals surface area contributed by atoms with Gasteiger partial charge in [-0.25, -0.2) is 4.39 Å². The molecular weight excluding hydrogens is 521 g/mol. The molecule has 10 heteroatoms. The van der Waals surface area contributed by atoms with Gasteiger partial charge in [0, 0.05) is 16.3 Å². The van der Waals surface area contributed by atoms with Gasteiger partial charge in [-0.2, -0.15) is 0 Å². The van der Waals surface area contributed by atoms with E-state index in [0.29, 0.717) is 26.2 Å². The van der Waals surface area contributed by atoms with Gasteiger partial charge in [0.05, 0.1) is 11.6 Å². The highest BCUT2D eigenvalue weighted by Gasteiger charge is 2.48. The lowest BCUT2D eigenvalue weighted by Gasteiger charge is -2.22. The first-order chi connectivity index (χ1) is 17.4. The maximum Gasteiger partial charge on any atom is 0.301 e. The monoisotopic (exact) mass is 537 g/mol. The van der Waals surface area contributed by atoms with Gasteiger partial charge >= 0.3 is 5.91 Å². The van der Waals surface area contributed by atoms with Gasteiger partial charge in [0.2, 0.25) is 5.13 Å². The summed E-state index contributed by atoms with van der Waals surface area (Å²) in [5, 5.41) is 20.2. The lowest BCUT2D eigenvalue weighted by molar-refractivity contribution is -0.132. The second-order valence-electron chi connectivity index (χ2n) is 7.85. The molecule has 0 bridgehead atoms. The van der Waals surface area contributed by atoms with Gasteiger partial charge in [0.25, 0.3) is 5.78 Å². The van der Waals surface area contributed by atoms with Crippen molar-refractivity contribution in [2.45, 2.75) is 16.1 Å². The number of ketones is 1. The van der Waals surface area contributed by atoms with Gasteiger partial charge < -0.3 is 5.11 Å². The lowest BCUT2D eigenvalue weighted by atomic mass is 9.95. The van der Waals surface area contributed by atoms with Crippen molar-refractivity contribution in [3.63, 3.8) is 0 Å². The van der Waals surface area contributed by atoms with Crippen LogP contribution in [-0.4, -0.2) is 27.0 Å². The fourth-order valence-corrected chi connectivity index (χ4v) is 5.78. The Morgan fingerprint density at radius 2 is 1.69 bits per heavy atom. The Kier molecular flexibility index (Phi) is 6.86. The largest absolute Gasteiger partial charge is 0.507 e. The fraction of sp³-hybridized carbons (Fsp3) is 0.0769. The molecule has 1 saturated heterocycles. The summed E-state index contributed by atoms with van der Waals surface area (Å²) >= 11 is 8.61. The molecule has 0 radical (unpaired) electrons. The predicted octanol–water partition coefficient (Wildman–Crippen LogP) is 6.25. The molecule has 180 valence electrons. The molecule has 1 atom stereocenters. The van der Waals surface area contributed by atoms with E-state index in [1.807, 2.05) is 0 Å². The molecular formula is C26H17ClFN3O3S2. The van der Waals surface area contributed by atoms with Crippen LogP contribution in [-0.2, 0) is 15.3 Å². The van der Waals surface area contributed by atoms with Gasteiger partial charge in [-0.1, -0.05) is 89.3 Å². The van der Waals surface area contributed by atoms with E-state index in [9.17, 15) is 19.1 Å². The second-order valence-corrected chi connectivity index (χ2v) is 10.5. The fourth-order valence-electron chi connectivity index (χ4n) is 3.83. The van der Waals surface area contributed by atoms with Gasteiger partial charge in [-0.15, -0.1) is 10.2 Å². The number of carbonyl (C=O) groups is 2. The minimum atomic E-state index is -0.912. The molecule has 2 heterocycles. The quantitative estimate of drug-likeness (QED) is 0.103. The molecule has 1 aliphatic rings. The number of anilines is 1. The van der Waals surface area contributed by atoms with Crippen LogP contribution in [0.25, 0.3) is 5.76 Å². The second kappa shape index (κ2) is 10.2. The minimum Gasteiger partial charge on any atom is -0.507 e. The summed E-state index contributed by atoms with van der Waals surface area (Å²) in [6.07, 6.45) is 0. The Hall–Kier alpha value is -3.53. The molecule has 1 amide bonds. The standard InChI is InChI=1S/C26H17ClFN3O3S2/c27-18-10-8-16(9-11-18)21-20(22(32)17-4-2-1-3-5-17)23(33)24(34)31(21)25-29-30-26(36-25)35-14-15-6-12-19(28)13-7-15/h1-13,21,32H,14H2/b22-20-. The van der Waals surface area contributed by atoms with E-state index in [-0.39, 0.29) is 22.3 Å². The zero-order valence-corrected chi connectivity index (χ0v) is 20.9. The molecule has 1 aliphatic heterocycles. The topological polar surface area (TPSA) is 83.4 Å². The molecule has 1 unspecified atom stereocenters. The van der Waals surface area contributed by atoms with Crippen LogP contribution in [0.3, 0.4) is 0 Å². The maximum absolute atomic E-state index is 13.2. The van der Waals surface area contributed by atoms with Crippen LogP contribution in [0.4, 0.5) is 9.52 Å². The third-order valence-electron chi connectivity index (χ3n) is 5.55. The Morgan fingerprint density at radius 1 is 1.00 bits per heavy atom. The zero-order valence-electron chi connectivity index (χ0n) is 18.5. The number of benzene rings is 3. The molecule has 1 aromatic heterocycles. The highest BCUT2D eigenvalue weighted by molar-refractivity contribution is 8.00. The molecule has 0 spiro atoms. The average molecular weight is 538 g/mol. The van der Waals surface area contributed by atoms with Crippen LogP contribution in [0.15, 0.2) is 88.8 Å². The number of rotatable bonds is 6. The molecule has 1 fully saturated rings. The Morgan fingerprint density at radius 3 is 2.39 bits per heavy atom. The summed E-state index contributed by atoms with van der Waals surface area (Å²) < 4.78 is 13.7. The first kappa shape index (κ1) is 24.2. The smallest absolute Gasteiger partial charge is 0.301 e. The Bertz CT molecular complexity index is 1460. The molecule has 0 aliphatic carbocycles. The van der Waals surface area contributed by atoms with Gasteiger partial charge in [-0.3, -0.25) is 14.5 Å². The van der Waals surface area contributed by atoms with Crippen molar-refractivity contribution in [3.8, 4) is 0 Å². The number of hydrogen-bond donors (Lipinski definition) is 1. The van der Waals surface area contributed by atoms with E-state index in [1.54, 1.807) is 66.7 Å². The first-order valence-electron chi connectivity index (χ1n) is 10.7. The summed E-state index contributed by atoms with van der Waals surface area (Å²) in [7, 11) is 0. The van der Waals surface area contributed by atoms with Crippen molar-refractivity contribution >= 4 is 57.3 Å². The van der Waals surface area contributed by atoms with Crippen LogP contribution in [0.5, 0.6) is 0 Å². The molecule has 3 aromatic carbocycles. The molecule has 1 N–H and O–H groups in total. The highest BCUT2D eigenvalue weighted by atomic mass is 35.5. The number of carbonyl (C=O) groups excluding carboxylic acids is 2. The predicted molar refractivity (Wildman–Crippen MR) is 139 cm³/mol. The number of aliphatic hydroxyl groups is 1. The molecule has 4 aromatic rings. The number of aromatic nitrogens is 2. The molecule has 0 saturated carbocycles. The van der Waals surface area contributed by atoms with Crippen LogP contribution in [0, 0.1) is 5.82 Å². The highest BCUT2D eigenvalue weighted by Crippen LogP contribution is 2.44. The van der Waals surface area contributed by atoms with E-state index in [0.717, 1.165) is 16.9 Å². The summed E-state index contributed by atoms with van der Waals surface area (Å²) in [6, 6.07) is 20.5. The minimum absolute atomic E-state index is 0.0377. The summed E-state index contributed by atoms with van der Waals surface area (Å²) in [6.45, 7) is 0. The number of amides is 1. The van der Waals surface area contributed by atoms with Gasteiger partial charge in [-0.05, 0) is 35.4 Å². The van der Waals surface area contributed by atoms with Crippen molar-refractivity contribution in [1.29, 1.82) is 0 Å². The normalized spacial score (nSPS) is 17.1. The van der Waals surface area contributed by atoms with Crippen LogP contribution in [0.2, 0.25) is 5.02 Å². The Balaban J connectivity index is 1.52. The Labute approximate surface area is 219 Å². The van der Waals surface area contributed by atoms with E-state index < -0.39 is 17.7 Å². The first-order valence-corrected chi connectivity index (χ1v) is 12.9. The molecule has 5 rings (SSSR count). The maximum atomic E-state index is 13.2. The number of nitrogens with zero attached hydrogens (tertiary/aromatic N) is 3. The lowest BCUT2D eigenvalue weighted by Crippen LogP contribution is -2.29. The summed E-state index contributed by atoms with van der Waals surface area (Å²) in [5.74, 6) is -1.67. The number of thioether (sulfide) groups is 1. The van der Waals surface area contributed by atoms with Crippen LogP contribution in [0.1, 0.15) is 22.7 Å². The molecule has 36 heavy (non-hydrogen) atoms. The van der Waals surface area contributed by atoms with Crippen LogP contribution >= 0.6 is 34.7 Å². The van der Waals surface area contributed by atoms with Crippen LogP contribution < -0.4 is 4.90 Å². The SMILES string of the molecule is O=C1C(=O)N(c2nnc(SCc3ccc(F)cc3)s2)C(c2ccc(Cl)cc2)/C1=C(/O)c1ccccc1. The number of halogens is 2. The van der Waals surface area contributed by atoms with Crippen molar-refractivity contribution in [2.75, 3.05) is 4.90 Å². The van der Waals surface area contributed by atoms with Crippen molar-refractivity contribution in [1.82, 2.24) is 10.2 Å². The van der Waals surface area contributed by atoms with Crippen molar-refractivity contribution in [2.24, 2.45) is 0 Å². The van der Waals surface area contributed by atoms with E-state index in [4.69, 9.17) is 11.6 Å². The molecule has 6 nitrogen and oxygen atoms in total. The van der Waals surface area contributed by atoms with Crippen molar-refractivity contribution < 1.29 is 19.1 Å². The van der Waals surface area contributed by atoms with Gasteiger partial charge in [0.15, 0.2) is 4.34 Å². The zero-order chi connectivity index (χ0) is 25.2. The van der Waals surface area contributed by atoms with Gasteiger partial charge in [0.1, 0.15) is 11.6 Å². The summed E-state index contributed by atoms with van der Waals surface area (Å²) in [5.41, 5.74) is 1.88. The third kappa shape index (κ3) is 4.77. The average Bonchev–Trinajstić information content (AvgIpc) is 3.46. The summed E-state index contributed by atoms with van der Waals surface area (Å²) in [4.78, 5) is 27.7. The van der Waals surface area contributed by atoms with Crippen molar-refractivity contribution in [3.05, 3.63) is 112 Å². The number of hydrogen-bond acceptors (Lipinski definition) is 7. The van der Waals surface area contributed by atoms with E-state index in [2.05, 4.69) is 10.2 Å².